The van der Waals surface area contributed by atoms with Gasteiger partial charge in [-0.25, -0.2) is 0 Å². The van der Waals surface area contributed by atoms with Crippen molar-refractivity contribution in [3.8, 4) is 17.1 Å². The summed E-state index contributed by atoms with van der Waals surface area (Å²) >= 11 is 5.34. The number of nitrogens with one attached hydrogen (secondary N) is 1. The molecule has 3 rings (SSSR count). The zero-order chi connectivity index (χ0) is 19.9. The van der Waals surface area contributed by atoms with Crippen molar-refractivity contribution in [1.29, 1.82) is 0 Å². The number of hydrogen-bond donors (Lipinski definition) is 1. The summed E-state index contributed by atoms with van der Waals surface area (Å²) in [6.45, 7) is 3.49. The van der Waals surface area contributed by atoms with Crippen LogP contribution in [-0.4, -0.2) is 45.8 Å². The molecule has 0 bridgehead atoms. The average molecular weight is 397 g/mol. The minimum Gasteiger partial charge on any atom is -0.492 e. The highest BCUT2D eigenvalue weighted by Gasteiger charge is 2.13. The van der Waals surface area contributed by atoms with Crippen molar-refractivity contribution in [2.75, 3.05) is 20.2 Å². The topological polar surface area (TPSA) is 63.2 Å². The number of aryl methyl sites for hydroxylation is 1. The van der Waals surface area contributed by atoms with Crippen molar-refractivity contribution >= 4 is 18.1 Å². The van der Waals surface area contributed by atoms with Gasteiger partial charge >= 0.3 is 0 Å². The maximum atomic E-state index is 12.5. The van der Waals surface area contributed by atoms with Gasteiger partial charge in [0, 0.05) is 25.6 Å². The van der Waals surface area contributed by atoms with Crippen LogP contribution in [0.2, 0.25) is 0 Å². The number of aromatic nitrogens is 3. The standard InChI is InChI=1S/C21H24N4O2S/c1-16-8-10-17(11-9-16)20-22-23-21(28)25(20)13-12-19(26)24(2)14-15-27-18-6-4-3-5-7-18/h3-11H,12-15H2,1-2H3,(H,23,28). The van der Waals surface area contributed by atoms with Crippen LogP contribution < -0.4 is 4.74 Å². The minimum absolute atomic E-state index is 0.0367. The maximum absolute atomic E-state index is 12.5. The highest BCUT2D eigenvalue weighted by atomic mass is 32.1. The summed E-state index contributed by atoms with van der Waals surface area (Å²) in [5, 5.41) is 7.15. The van der Waals surface area contributed by atoms with Crippen LogP contribution in [0.3, 0.4) is 0 Å². The van der Waals surface area contributed by atoms with Crippen LogP contribution in [0.5, 0.6) is 5.75 Å². The van der Waals surface area contributed by atoms with E-state index in [4.69, 9.17) is 17.0 Å². The Bertz CT molecular complexity index is 964. The van der Waals surface area contributed by atoms with Crippen LogP contribution in [0, 0.1) is 11.7 Å². The third-order valence-electron chi connectivity index (χ3n) is 4.48. The monoisotopic (exact) mass is 396 g/mol. The van der Waals surface area contributed by atoms with E-state index < -0.39 is 0 Å². The van der Waals surface area contributed by atoms with E-state index in [-0.39, 0.29) is 5.91 Å². The highest BCUT2D eigenvalue weighted by molar-refractivity contribution is 7.71. The molecule has 0 saturated heterocycles. The van der Waals surface area contributed by atoms with E-state index in [2.05, 4.69) is 10.2 Å². The van der Waals surface area contributed by atoms with Gasteiger partial charge in [0.25, 0.3) is 0 Å². The van der Waals surface area contributed by atoms with Gasteiger partial charge in [-0.15, -0.1) is 0 Å². The summed E-state index contributed by atoms with van der Waals surface area (Å²) in [4.78, 5) is 14.2. The molecule has 0 aliphatic heterocycles. The predicted molar refractivity (Wildman–Crippen MR) is 112 cm³/mol. The van der Waals surface area contributed by atoms with Crippen molar-refractivity contribution < 1.29 is 9.53 Å². The quantitative estimate of drug-likeness (QED) is 0.588. The molecule has 0 atom stereocenters. The van der Waals surface area contributed by atoms with Gasteiger partial charge < -0.3 is 9.64 Å². The largest absolute Gasteiger partial charge is 0.492 e. The zero-order valence-corrected chi connectivity index (χ0v) is 16.9. The molecular formula is C21H24N4O2S. The Morgan fingerprint density at radius 2 is 1.89 bits per heavy atom. The average Bonchev–Trinajstić information content (AvgIpc) is 3.08. The van der Waals surface area contributed by atoms with E-state index in [1.165, 1.54) is 5.56 Å². The Morgan fingerprint density at radius 3 is 2.61 bits per heavy atom. The number of aromatic amines is 1. The van der Waals surface area contributed by atoms with Crippen LogP contribution in [0.4, 0.5) is 0 Å². The van der Waals surface area contributed by atoms with Crippen LogP contribution >= 0.6 is 12.2 Å². The van der Waals surface area contributed by atoms with Crippen LogP contribution in [0.25, 0.3) is 11.4 Å². The van der Waals surface area contributed by atoms with Gasteiger partial charge in [-0.2, -0.15) is 5.10 Å². The number of carbonyl (C=O) groups is 1. The van der Waals surface area contributed by atoms with Gasteiger partial charge in [-0.05, 0) is 31.3 Å². The summed E-state index contributed by atoms with van der Waals surface area (Å²) in [5.74, 6) is 1.58. The molecule has 2 aromatic carbocycles. The van der Waals surface area contributed by atoms with Crippen LogP contribution in [-0.2, 0) is 11.3 Å². The van der Waals surface area contributed by atoms with Crippen molar-refractivity contribution in [2.24, 2.45) is 0 Å². The lowest BCUT2D eigenvalue weighted by Gasteiger charge is -2.18. The van der Waals surface area contributed by atoms with Gasteiger partial charge in [0.1, 0.15) is 12.4 Å². The molecule has 1 heterocycles. The molecule has 0 unspecified atom stereocenters. The van der Waals surface area contributed by atoms with Crippen molar-refractivity contribution in [3.05, 3.63) is 64.9 Å². The molecule has 0 radical (unpaired) electrons. The SMILES string of the molecule is Cc1ccc(-c2n[nH]c(=S)n2CCC(=O)N(C)CCOc2ccccc2)cc1. The Labute approximate surface area is 169 Å². The molecule has 1 amide bonds. The molecule has 7 heteroatoms. The van der Waals surface area contributed by atoms with Gasteiger partial charge in [0.15, 0.2) is 10.6 Å². The first-order valence-corrected chi connectivity index (χ1v) is 9.59. The van der Waals surface area contributed by atoms with Crippen molar-refractivity contribution in [2.45, 2.75) is 19.9 Å². The van der Waals surface area contributed by atoms with Gasteiger partial charge in [-0.3, -0.25) is 14.5 Å². The number of hydrogen-bond acceptors (Lipinski definition) is 4. The summed E-state index contributed by atoms with van der Waals surface area (Å²) in [6, 6.07) is 17.6. The third-order valence-corrected chi connectivity index (χ3v) is 4.79. The smallest absolute Gasteiger partial charge is 0.224 e. The molecular weight excluding hydrogens is 372 g/mol. The predicted octanol–water partition coefficient (Wildman–Crippen LogP) is 3.84. The van der Waals surface area contributed by atoms with E-state index in [1.54, 1.807) is 11.9 Å². The minimum atomic E-state index is 0.0367. The number of rotatable bonds is 8. The number of carbonyl (C=O) groups excluding carboxylic acids is 1. The van der Waals surface area contributed by atoms with Crippen molar-refractivity contribution in [3.63, 3.8) is 0 Å². The van der Waals surface area contributed by atoms with Gasteiger partial charge in [0.2, 0.25) is 5.91 Å². The molecule has 0 aliphatic carbocycles. The Balaban J connectivity index is 1.55. The van der Waals surface area contributed by atoms with E-state index >= 15 is 0 Å². The Morgan fingerprint density at radius 1 is 1.18 bits per heavy atom. The second kappa shape index (κ2) is 9.32. The summed E-state index contributed by atoms with van der Waals surface area (Å²) in [6.07, 6.45) is 0.342. The first-order chi connectivity index (χ1) is 13.5. The number of H-pyrrole nitrogens is 1. The van der Waals surface area contributed by atoms with E-state index in [0.29, 0.717) is 30.9 Å². The fourth-order valence-corrected chi connectivity index (χ4v) is 3.01. The van der Waals surface area contributed by atoms with Crippen LogP contribution in [0.15, 0.2) is 54.6 Å². The second-order valence-corrected chi connectivity index (χ2v) is 6.98. The number of likely N-dealkylation sites (N-methyl/N-ethyl adjacent to an activating group) is 1. The maximum Gasteiger partial charge on any atom is 0.224 e. The lowest BCUT2D eigenvalue weighted by Crippen LogP contribution is -2.31. The summed E-state index contributed by atoms with van der Waals surface area (Å²) in [7, 11) is 1.78. The Kier molecular flexibility index (Phi) is 6.60. The van der Waals surface area contributed by atoms with E-state index in [1.807, 2.05) is 66.1 Å². The number of ether oxygens (including phenoxy) is 1. The molecule has 1 aromatic heterocycles. The number of benzene rings is 2. The summed E-state index contributed by atoms with van der Waals surface area (Å²) < 4.78 is 8.03. The molecule has 0 spiro atoms. The van der Waals surface area contributed by atoms with Crippen molar-refractivity contribution in [1.82, 2.24) is 19.7 Å². The highest BCUT2D eigenvalue weighted by Crippen LogP contribution is 2.18. The third kappa shape index (κ3) is 5.07. The fraction of sp³-hybridized carbons (Fsp3) is 0.286. The number of nitrogens with zero attached hydrogens (tertiary/aromatic N) is 3. The molecule has 6 nitrogen and oxygen atoms in total. The van der Waals surface area contributed by atoms with Crippen LogP contribution in [0.1, 0.15) is 12.0 Å². The molecule has 146 valence electrons. The van der Waals surface area contributed by atoms with E-state index in [0.717, 1.165) is 17.1 Å². The molecule has 28 heavy (non-hydrogen) atoms. The second-order valence-electron chi connectivity index (χ2n) is 6.60. The fourth-order valence-electron chi connectivity index (χ4n) is 2.79. The zero-order valence-electron chi connectivity index (χ0n) is 16.1. The number of amides is 1. The normalized spacial score (nSPS) is 10.6. The molecule has 3 aromatic rings. The lowest BCUT2D eigenvalue weighted by molar-refractivity contribution is -0.130. The molecule has 0 saturated carbocycles. The van der Waals surface area contributed by atoms with E-state index in [9.17, 15) is 4.79 Å². The molecule has 0 fully saturated rings. The van der Waals surface area contributed by atoms with Gasteiger partial charge in [-0.1, -0.05) is 48.0 Å². The number of para-hydroxylation sites is 1. The first kappa shape index (κ1) is 19.8. The Hall–Kier alpha value is -2.93. The lowest BCUT2D eigenvalue weighted by atomic mass is 10.1. The molecule has 0 aliphatic rings. The molecule has 1 N–H and O–H groups in total. The van der Waals surface area contributed by atoms with Gasteiger partial charge in [0.05, 0.1) is 6.54 Å². The first-order valence-electron chi connectivity index (χ1n) is 9.18. The summed E-state index contributed by atoms with van der Waals surface area (Å²) in [5.41, 5.74) is 2.15.